The van der Waals surface area contributed by atoms with Gasteiger partial charge in [0.05, 0.1) is 22.9 Å². The second kappa shape index (κ2) is 5.47. The largest absolute Gasteiger partial charge is 0.398 e. The van der Waals surface area contributed by atoms with Crippen LogP contribution in [0.25, 0.3) is 0 Å². The maximum atomic E-state index is 12.4. The van der Waals surface area contributed by atoms with E-state index in [-0.39, 0.29) is 33.7 Å². The molecule has 128 valence electrons. The Bertz CT molecular complexity index is 741. The number of hydrogen-bond donors (Lipinski definition) is 3. The lowest BCUT2D eigenvalue weighted by Crippen LogP contribution is -2.46. The van der Waals surface area contributed by atoms with Gasteiger partial charge in [0, 0.05) is 5.56 Å². The summed E-state index contributed by atoms with van der Waals surface area (Å²) in [6.07, 6.45) is 0.677. The summed E-state index contributed by atoms with van der Waals surface area (Å²) in [6.45, 7) is 7.79. The molecule has 1 aromatic carbocycles. The molecular formula is C15H23N3O4S. The fraction of sp³-hybridized carbons (Fsp3) is 0.533. The highest BCUT2D eigenvalue weighted by Gasteiger charge is 2.46. The van der Waals surface area contributed by atoms with Crippen LogP contribution in [0.15, 0.2) is 23.1 Å². The molecule has 8 heteroatoms. The number of amides is 1. The van der Waals surface area contributed by atoms with E-state index in [2.05, 4.69) is 5.32 Å². The molecule has 23 heavy (non-hydrogen) atoms. The molecule has 0 aliphatic carbocycles. The van der Waals surface area contributed by atoms with Crippen molar-refractivity contribution in [3.8, 4) is 0 Å². The van der Waals surface area contributed by atoms with Crippen LogP contribution < -0.4 is 16.2 Å². The fourth-order valence-electron chi connectivity index (χ4n) is 2.98. The Hall–Kier alpha value is -1.64. The molecule has 0 radical (unpaired) electrons. The first kappa shape index (κ1) is 17.7. The molecule has 2 rings (SSSR count). The Morgan fingerprint density at radius 1 is 1.30 bits per heavy atom. The van der Waals surface area contributed by atoms with Crippen LogP contribution in [0.3, 0.4) is 0 Å². The van der Waals surface area contributed by atoms with Gasteiger partial charge in [-0.25, -0.2) is 13.6 Å². The first-order valence-electron chi connectivity index (χ1n) is 7.25. The van der Waals surface area contributed by atoms with Crippen LogP contribution >= 0.6 is 0 Å². The second-order valence-corrected chi connectivity index (χ2v) is 8.52. The average molecular weight is 341 g/mol. The minimum absolute atomic E-state index is 0.0533. The van der Waals surface area contributed by atoms with E-state index in [0.29, 0.717) is 6.42 Å². The Morgan fingerprint density at radius 3 is 2.35 bits per heavy atom. The highest BCUT2D eigenvalue weighted by atomic mass is 32.2. The minimum atomic E-state index is -3.91. The van der Waals surface area contributed by atoms with Gasteiger partial charge in [0.15, 0.2) is 0 Å². The van der Waals surface area contributed by atoms with Gasteiger partial charge in [-0.15, -0.1) is 0 Å². The van der Waals surface area contributed by atoms with Crippen molar-refractivity contribution in [3.63, 3.8) is 0 Å². The van der Waals surface area contributed by atoms with E-state index in [9.17, 15) is 13.2 Å². The standard InChI is InChI=1S/C15H23N3O4S/c1-14(2)8-12(15(3,4)22-14)18-13(19)9-5-6-11(10(16)7-9)23(17,20)21/h5-7,12H,8,16H2,1-4H3,(H,18,19)(H2,17,20,21)/t12-/m0/s1. The monoisotopic (exact) mass is 341 g/mol. The quantitative estimate of drug-likeness (QED) is 0.707. The topological polar surface area (TPSA) is 125 Å². The number of nitrogens with two attached hydrogens (primary N) is 2. The molecule has 0 bridgehead atoms. The van der Waals surface area contributed by atoms with Gasteiger partial charge in [-0.05, 0) is 52.3 Å². The number of benzene rings is 1. The van der Waals surface area contributed by atoms with Crippen LogP contribution in [0.4, 0.5) is 5.69 Å². The second-order valence-electron chi connectivity index (χ2n) is 6.99. The van der Waals surface area contributed by atoms with Crippen molar-refractivity contribution in [2.45, 2.75) is 56.3 Å². The minimum Gasteiger partial charge on any atom is -0.398 e. The molecule has 0 unspecified atom stereocenters. The molecule has 1 aliphatic rings. The number of hydrogen-bond acceptors (Lipinski definition) is 5. The summed E-state index contributed by atoms with van der Waals surface area (Å²) in [5.41, 5.74) is 5.09. The smallest absolute Gasteiger partial charge is 0.251 e. The highest BCUT2D eigenvalue weighted by molar-refractivity contribution is 7.89. The molecule has 1 atom stereocenters. The van der Waals surface area contributed by atoms with Crippen LogP contribution in [0.1, 0.15) is 44.5 Å². The average Bonchev–Trinajstić information content (AvgIpc) is 2.55. The maximum Gasteiger partial charge on any atom is 0.251 e. The number of sulfonamides is 1. The fourth-order valence-corrected chi connectivity index (χ4v) is 3.62. The molecule has 0 aromatic heterocycles. The van der Waals surface area contributed by atoms with Crippen LogP contribution in [-0.4, -0.2) is 31.6 Å². The van der Waals surface area contributed by atoms with Crippen molar-refractivity contribution in [2.24, 2.45) is 5.14 Å². The third-order valence-corrected chi connectivity index (χ3v) is 4.94. The van der Waals surface area contributed by atoms with E-state index >= 15 is 0 Å². The van der Waals surface area contributed by atoms with E-state index < -0.39 is 15.6 Å². The van der Waals surface area contributed by atoms with Crippen molar-refractivity contribution in [3.05, 3.63) is 23.8 Å². The summed E-state index contributed by atoms with van der Waals surface area (Å²) >= 11 is 0. The van der Waals surface area contributed by atoms with Crippen molar-refractivity contribution in [2.75, 3.05) is 5.73 Å². The summed E-state index contributed by atoms with van der Waals surface area (Å²) in [7, 11) is -3.91. The van der Waals surface area contributed by atoms with Gasteiger partial charge >= 0.3 is 0 Å². The summed E-state index contributed by atoms with van der Waals surface area (Å²) in [6, 6.07) is 3.77. The van der Waals surface area contributed by atoms with Crippen LogP contribution in [0, 0.1) is 0 Å². The molecule has 1 aromatic rings. The zero-order valence-electron chi connectivity index (χ0n) is 13.7. The first-order chi connectivity index (χ1) is 10.3. The highest BCUT2D eigenvalue weighted by Crippen LogP contribution is 2.37. The number of nitrogens with one attached hydrogen (secondary N) is 1. The van der Waals surface area contributed by atoms with Gasteiger partial charge in [0.1, 0.15) is 4.90 Å². The van der Waals surface area contributed by atoms with E-state index in [1.807, 2.05) is 27.7 Å². The van der Waals surface area contributed by atoms with Crippen molar-refractivity contribution in [1.82, 2.24) is 5.32 Å². The van der Waals surface area contributed by atoms with E-state index in [0.717, 1.165) is 0 Å². The molecule has 5 N–H and O–H groups in total. The van der Waals surface area contributed by atoms with Crippen molar-refractivity contribution < 1.29 is 17.9 Å². The van der Waals surface area contributed by atoms with E-state index in [4.69, 9.17) is 15.6 Å². The summed E-state index contributed by atoms with van der Waals surface area (Å²) in [5, 5.41) is 7.98. The number of ether oxygens (including phenoxy) is 1. The summed E-state index contributed by atoms with van der Waals surface area (Å²) in [4.78, 5) is 12.2. The third kappa shape index (κ3) is 3.82. The lowest BCUT2D eigenvalue weighted by atomic mass is 9.94. The lowest BCUT2D eigenvalue weighted by molar-refractivity contribution is -0.0693. The Balaban J connectivity index is 2.21. The van der Waals surface area contributed by atoms with E-state index in [1.54, 1.807) is 0 Å². The van der Waals surface area contributed by atoms with Gasteiger partial charge in [-0.3, -0.25) is 4.79 Å². The predicted molar refractivity (Wildman–Crippen MR) is 87.3 cm³/mol. The van der Waals surface area contributed by atoms with Crippen molar-refractivity contribution in [1.29, 1.82) is 0 Å². The van der Waals surface area contributed by atoms with Crippen LogP contribution in [0.2, 0.25) is 0 Å². The number of primary sulfonamides is 1. The molecule has 1 aliphatic heterocycles. The number of nitrogen functional groups attached to an aromatic ring is 1. The molecule has 1 heterocycles. The number of anilines is 1. The van der Waals surface area contributed by atoms with Gasteiger partial charge in [-0.1, -0.05) is 0 Å². The van der Waals surface area contributed by atoms with Crippen molar-refractivity contribution >= 4 is 21.6 Å². The normalized spacial score (nSPS) is 22.7. The van der Waals surface area contributed by atoms with Gasteiger partial charge in [0.2, 0.25) is 10.0 Å². The SMILES string of the molecule is CC1(C)C[C@H](NC(=O)c2ccc(S(N)(=O)=O)c(N)c2)C(C)(C)O1. The van der Waals surface area contributed by atoms with Gasteiger partial charge in [0.25, 0.3) is 5.91 Å². The van der Waals surface area contributed by atoms with Crippen LogP contribution in [0.5, 0.6) is 0 Å². The zero-order chi connectivity index (χ0) is 17.6. The number of carbonyl (C=O) groups is 1. The molecular weight excluding hydrogens is 318 g/mol. The third-order valence-electron chi connectivity index (χ3n) is 3.96. The van der Waals surface area contributed by atoms with Gasteiger partial charge < -0.3 is 15.8 Å². The number of rotatable bonds is 3. The predicted octanol–water partition coefficient (Wildman–Crippen LogP) is 0.992. The van der Waals surface area contributed by atoms with E-state index in [1.165, 1.54) is 18.2 Å². The zero-order valence-corrected chi connectivity index (χ0v) is 14.5. The maximum absolute atomic E-state index is 12.4. The Morgan fingerprint density at radius 2 is 1.91 bits per heavy atom. The Labute approximate surface area is 136 Å². The molecule has 1 saturated heterocycles. The summed E-state index contributed by atoms with van der Waals surface area (Å²) < 4.78 is 28.6. The molecule has 1 amide bonds. The molecule has 0 saturated carbocycles. The summed E-state index contributed by atoms with van der Waals surface area (Å²) in [5.74, 6) is -0.336. The number of carbonyl (C=O) groups excluding carboxylic acids is 1. The molecule has 1 fully saturated rings. The molecule has 7 nitrogen and oxygen atoms in total. The lowest BCUT2D eigenvalue weighted by Gasteiger charge is -2.27. The van der Waals surface area contributed by atoms with Crippen LogP contribution in [-0.2, 0) is 14.8 Å². The van der Waals surface area contributed by atoms with Gasteiger partial charge in [-0.2, -0.15) is 0 Å². The molecule has 0 spiro atoms. The Kier molecular flexibility index (Phi) is 4.21. The first-order valence-corrected chi connectivity index (χ1v) is 8.80.